The maximum absolute atomic E-state index is 11.2. The van der Waals surface area contributed by atoms with Crippen molar-refractivity contribution < 1.29 is 4.79 Å². The van der Waals surface area contributed by atoms with Crippen molar-refractivity contribution in [3.63, 3.8) is 0 Å². The van der Waals surface area contributed by atoms with E-state index in [-0.39, 0.29) is 0 Å². The molecule has 0 radical (unpaired) electrons. The van der Waals surface area contributed by atoms with Crippen molar-refractivity contribution in [2.24, 2.45) is 0 Å². The second-order valence-electron chi connectivity index (χ2n) is 3.86. The molecule has 1 aromatic rings. The van der Waals surface area contributed by atoms with Gasteiger partial charge in [-0.1, -0.05) is 12.1 Å². The largest absolute Gasteiger partial charge is 0.299 e. The van der Waals surface area contributed by atoms with E-state index < -0.39 is 0 Å². The zero-order valence-electron chi connectivity index (χ0n) is 8.18. The van der Waals surface area contributed by atoms with E-state index in [0.717, 1.165) is 12.8 Å². The summed E-state index contributed by atoms with van der Waals surface area (Å²) in [7, 11) is 0. The molecular weight excluding hydrogens is 160 g/mol. The van der Waals surface area contributed by atoms with Gasteiger partial charge in [0.1, 0.15) is 5.78 Å². The highest BCUT2D eigenvalue weighted by Crippen LogP contribution is 2.24. The Labute approximate surface area is 78.8 Å². The van der Waals surface area contributed by atoms with Crippen LogP contribution in [0.1, 0.15) is 28.7 Å². The van der Waals surface area contributed by atoms with Gasteiger partial charge >= 0.3 is 0 Å². The van der Waals surface area contributed by atoms with Gasteiger partial charge in [-0.05, 0) is 42.5 Å². The number of hydrogen-bond donors (Lipinski definition) is 0. The van der Waals surface area contributed by atoms with Gasteiger partial charge < -0.3 is 0 Å². The van der Waals surface area contributed by atoms with E-state index >= 15 is 0 Å². The molecule has 0 aromatic heterocycles. The van der Waals surface area contributed by atoms with Gasteiger partial charge in [0.05, 0.1) is 0 Å². The van der Waals surface area contributed by atoms with Crippen molar-refractivity contribution in [3.8, 4) is 0 Å². The number of aryl methyl sites for hydroxylation is 1. The summed E-state index contributed by atoms with van der Waals surface area (Å²) in [6.45, 7) is 4.29. The summed E-state index contributed by atoms with van der Waals surface area (Å²) < 4.78 is 0. The summed E-state index contributed by atoms with van der Waals surface area (Å²) in [5.74, 6) is 0.385. The third-order valence-electron chi connectivity index (χ3n) is 3.01. The second kappa shape index (κ2) is 2.99. The molecule has 1 heteroatoms. The fourth-order valence-electron chi connectivity index (χ4n) is 2.01. The Morgan fingerprint density at radius 1 is 1.15 bits per heavy atom. The van der Waals surface area contributed by atoms with Crippen LogP contribution in [0.25, 0.3) is 0 Å². The van der Waals surface area contributed by atoms with Crippen LogP contribution in [0.2, 0.25) is 0 Å². The number of ketones is 1. The van der Waals surface area contributed by atoms with Crippen LogP contribution in [0, 0.1) is 13.8 Å². The Morgan fingerprint density at radius 3 is 2.69 bits per heavy atom. The molecule has 1 aliphatic carbocycles. The Kier molecular flexibility index (Phi) is 1.95. The fraction of sp³-hybridized carbons (Fsp3) is 0.417. The zero-order chi connectivity index (χ0) is 9.42. The molecule has 68 valence electrons. The Hall–Kier alpha value is -1.11. The van der Waals surface area contributed by atoms with E-state index in [9.17, 15) is 4.79 Å². The molecule has 2 rings (SSSR count). The molecule has 0 bridgehead atoms. The van der Waals surface area contributed by atoms with Crippen LogP contribution < -0.4 is 0 Å². The minimum absolute atomic E-state index is 0.385. The summed E-state index contributed by atoms with van der Waals surface area (Å²) in [4.78, 5) is 11.2. The van der Waals surface area contributed by atoms with Crippen molar-refractivity contribution in [1.82, 2.24) is 0 Å². The van der Waals surface area contributed by atoms with Crippen molar-refractivity contribution >= 4 is 5.78 Å². The Balaban J connectivity index is 2.53. The minimum atomic E-state index is 0.385. The first kappa shape index (κ1) is 8.49. The van der Waals surface area contributed by atoms with Crippen molar-refractivity contribution in [3.05, 3.63) is 34.4 Å². The van der Waals surface area contributed by atoms with Crippen LogP contribution in [0.15, 0.2) is 12.1 Å². The first-order valence-corrected chi connectivity index (χ1v) is 4.78. The van der Waals surface area contributed by atoms with Gasteiger partial charge in [-0.2, -0.15) is 0 Å². The van der Waals surface area contributed by atoms with Gasteiger partial charge in [-0.25, -0.2) is 0 Å². The fourth-order valence-corrected chi connectivity index (χ4v) is 2.01. The molecule has 0 saturated carbocycles. The van der Waals surface area contributed by atoms with Gasteiger partial charge in [0.2, 0.25) is 0 Å². The maximum atomic E-state index is 11.2. The number of Topliss-reactive ketones (excluding diaryl/α,β-unsaturated/α-hetero) is 1. The predicted molar refractivity (Wildman–Crippen MR) is 52.9 cm³/mol. The van der Waals surface area contributed by atoms with Gasteiger partial charge in [0.15, 0.2) is 0 Å². The summed E-state index contributed by atoms with van der Waals surface area (Å²) in [6.07, 6.45) is 2.33. The minimum Gasteiger partial charge on any atom is -0.299 e. The van der Waals surface area contributed by atoms with Crippen LogP contribution in [-0.2, 0) is 17.6 Å². The SMILES string of the molecule is Cc1ccc2c(c1C)CCC(=O)C2. The summed E-state index contributed by atoms with van der Waals surface area (Å²) in [5, 5.41) is 0. The number of rotatable bonds is 0. The molecule has 0 heterocycles. The van der Waals surface area contributed by atoms with Crippen LogP contribution in [0.4, 0.5) is 0 Å². The molecule has 0 saturated heterocycles. The molecule has 1 aromatic carbocycles. The molecule has 0 spiro atoms. The number of carbonyl (C=O) groups is 1. The molecule has 0 N–H and O–H groups in total. The van der Waals surface area contributed by atoms with E-state index in [1.165, 1.54) is 22.3 Å². The molecule has 0 fully saturated rings. The van der Waals surface area contributed by atoms with E-state index in [4.69, 9.17) is 0 Å². The first-order valence-electron chi connectivity index (χ1n) is 4.78. The highest BCUT2D eigenvalue weighted by Gasteiger charge is 2.17. The van der Waals surface area contributed by atoms with E-state index in [0.29, 0.717) is 12.2 Å². The zero-order valence-corrected chi connectivity index (χ0v) is 8.18. The topological polar surface area (TPSA) is 17.1 Å². The lowest BCUT2D eigenvalue weighted by Crippen LogP contribution is -2.14. The summed E-state index contributed by atoms with van der Waals surface area (Å²) >= 11 is 0. The Morgan fingerprint density at radius 2 is 1.92 bits per heavy atom. The van der Waals surface area contributed by atoms with Gasteiger partial charge in [0.25, 0.3) is 0 Å². The number of carbonyl (C=O) groups excluding carboxylic acids is 1. The number of benzene rings is 1. The van der Waals surface area contributed by atoms with Crippen molar-refractivity contribution in [1.29, 1.82) is 0 Å². The van der Waals surface area contributed by atoms with Crippen LogP contribution in [0.5, 0.6) is 0 Å². The van der Waals surface area contributed by atoms with E-state index in [2.05, 4.69) is 26.0 Å². The van der Waals surface area contributed by atoms with Crippen molar-refractivity contribution in [2.45, 2.75) is 33.1 Å². The molecular formula is C12H14O. The molecule has 0 aliphatic heterocycles. The van der Waals surface area contributed by atoms with E-state index in [1.807, 2.05) is 0 Å². The third kappa shape index (κ3) is 1.39. The molecule has 0 amide bonds. The molecule has 0 unspecified atom stereocenters. The predicted octanol–water partition coefficient (Wildman–Crippen LogP) is 2.36. The van der Waals surface area contributed by atoms with Gasteiger partial charge in [-0.15, -0.1) is 0 Å². The lowest BCUT2D eigenvalue weighted by Gasteiger charge is -2.18. The molecule has 13 heavy (non-hydrogen) atoms. The quantitative estimate of drug-likeness (QED) is 0.590. The lowest BCUT2D eigenvalue weighted by molar-refractivity contribution is -0.118. The molecule has 1 nitrogen and oxygen atoms in total. The van der Waals surface area contributed by atoms with E-state index in [1.54, 1.807) is 0 Å². The van der Waals surface area contributed by atoms with Crippen LogP contribution >= 0.6 is 0 Å². The lowest BCUT2D eigenvalue weighted by atomic mass is 9.86. The first-order chi connectivity index (χ1) is 6.18. The second-order valence-corrected chi connectivity index (χ2v) is 3.86. The van der Waals surface area contributed by atoms with Gasteiger partial charge in [0, 0.05) is 12.8 Å². The van der Waals surface area contributed by atoms with Gasteiger partial charge in [-0.3, -0.25) is 4.79 Å². The smallest absolute Gasteiger partial charge is 0.137 e. The van der Waals surface area contributed by atoms with Crippen molar-refractivity contribution in [2.75, 3.05) is 0 Å². The highest BCUT2D eigenvalue weighted by atomic mass is 16.1. The molecule has 1 aliphatic rings. The number of hydrogen-bond acceptors (Lipinski definition) is 1. The monoisotopic (exact) mass is 174 g/mol. The highest BCUT2D eigenvalue weighted by molar-refractivity contribution is 5.83. The average Bonchev–Trinajstić information content (AvgIpc) is 2.12. The Bertz CT molecular complexity index is 364. The maximum Gasteiger partial charge on any atom is 0.137 e. The van der Waals surface area contributed by atoms with Crippen LogP contribution in [0.3, 0.4) is 0 Å². The summed E-state index contributed by atoms with van der Waals surface area (Å²) in [6, 6.07) is 4.22. The normalized spacial score (nSPS) is 15.7. The number of fused-ring (bicyclic) bond motifs is 1. The summed E-state index contributed by atoms with van der Waals surface area (Å²) in [5.41, 5.74) is 5.39. The van der Waals surface area contributed by atoms with Crippen LogP contribution in [-0.4, -0.2) is 5.78 Å². The molecule has 0 atom stereocenters. The third-order valence-corrected chi connectivity index (χ3v) is 3.01. The average molecular weight is 174 g/mol. The standard InChI is InChI=1S/C12H14O/c1-8-3-4-10-7-11(13)5-6-12(10)9(8)2/h3-4H,5-7H2,1-2H3.